The zero-order valence-corrected chi connectivity index (χ0v) is 17.4. The van der Waals surface area contributed by atoms with Crippen molar-refractivity contribution in [2.45, 2.75) is 20.4 Å². The van der Waals surface area contributed by atoms with Crippen LogP contribution >= 0.6 is 0 Å². The van der Waals surface area contributed by atoms with Gasteiger partial charge in [-0.2, -0.15) is 0 Å². The Morgan fingerprint density at radius 2 is 1.29 bits per heavy atom. The molecule has 0 N–H and O–H groups in total. The molecule has 1 aromatic carbocycles. The van der Waals surface area contributed by atoms with Gasteiger partial charge in [0.1, 0.15) is 17.5 Å². The van der Waals surface area contributed by atoms with Crippen molar-refractivity contribution in [3.63, 3.8) is 0 Å². The van der Waals surface area contributed by atoms with Crippen LogP contribution in [0, 0.1) is 13.8 Å². The van der Waals surface area contributed by atoms with E-state index in [9.17, 15) is 0 Å². The molecule has 28 heavy (non-hydrogen) atoms. The highest BCUT2D eigenvalue weighted by Crippen LogP contribution is 2.22. The number of anilines is 2. The first-order valence-corrected chi connectivity index (χ1v) is 10.4. The summed E-state index contributed by atoms with van der Waals surface area (Å²) in [5, 5.41) is 0. The fourth-order valence-electron chi connectivity index (χ4n) is 3.98. The van der Waals surface area contributed by atoms with Crippen LogP contribution in [-0.4, -0.2) is 79.2 Å². The molecule has 2 aliphatic heterocycles. The molecule has 2 saturated heterocycles. The predicted octanol–water partition coefficient (Wildman–Crippen LogP) is 2.17. The molecular weight excluding hydrogens is 348 g/mol. The SMILES string of the molecule is Cc1ccc(CN2CCN(c3cc(N4CCN(C)CC4)nc(C)n3)CC2)cc1. The van der Waals surface area contributed by atoms with Gasteiger partial charge in [0.25, 0.3) is 0 Å². The molecule has 0 bridgehead atoms. The molecule has 4 rings (SSSR count). The number of nitrogens with zero attached hydrogens (tertiary/aromatic N) is 6. The second kappa shape index (κ2) is 8.45. The van der Waals surface area contributed by atoms with Crippen LogP contribution in [0.1, 0.15) is 17.0 Å². The number of hydrogen-bond donors (Lipinski definition) is 0. The van der Waals surface area contributed by atoms with E-state index < -0.39 is 0 Å². The summed E-state index contributed by atoms with van der Waals surface area (Å²) >= 11 is 0. The summed E-state index contributed by atoms with van der Waals surface area (Å²) < 4.78 is 0. The Morgan fingerprint density at radius 1 is 0.750 bits per heavy atom. The lowest BCUT2D eigenvalue weighted by Gasteiger charge is -2.37. The molecule has 0 aliphatic carbocycles. The standard InChI is InChI=1S/C22H32N6/c1-18-4-6-20(7-5-18)17-26-10-14-28(15-11-26)22-16-21(23-19(2)24-22)27-12-8-25(3)9-13-27/h4-7,16H,8-15,17H2,1-3H3. The first-order valence-electron chi connectivity index (χ1n) is 10.4. The molecule has 6 heteroatoms. The number of likely N-dealkylation sites (N-methyl/N-ethyl adjacent to an activating group) is 1. The second-order valence-electron chi connectivity index (χ2n) is 8.17. The van der Waals surface area contributed by atoms with Crippen LogP contribution in [0.5, 0.6) is 0 Å². The second-order valence-corrected chi connectivity index (χ2v) is 8.17. The lowest BCUT2D eigenvalue weighted by Crippen LogP contribution is -2.47. The van der Waals surface area contributed by atoms with Crippen molar-refractivity contribution < 1.29 is 0 Å². The fraction of sp³-hybridized carbons (Fsp3) is 0.545. The van der Waals surface area contributed by atoms with Crippen LogP contribution < -0.4 is 9.80 Å². The molecule has 0 saturated carbocycles. The van der Waals surface area contributed by atoms with E-state index in [2.05, 4.69) is 63.9 Å². The van der Waals surface area contributed by atoms with E-state index in [-0.39, 0.29) is 0 Å². The first kappa shape index (κ1) is 19.2. The maximum atomic E-state index is 4.75. The van der Waals surface area contributed by atoms with Crippen molar-refractivity contribution >= 4 is 11.6 Å². The smallest absolute Gasteiger partial charge is 0.134 e. The van der Waals surface area contributed by atoms with Crippen LogP contribution in [0.2, 0.25) is 0 Å². The van der Waals surface area contributed by atoms with Crippen LogP contribution in [-0.2, 0) is 6.54 Å². The topological polar surface area (TPSA) is 38.7 Å². The van der Waals surface area contributed by atoms with Gasteiger partial charge < -0.3 is 14.7 Å². The lowest BCUT2D eigenvalue weighted by molar-refractivity contribution is 0.249. The Kier molecular flexibility index (Phi) is 5.78. The van der Waals surface area contributed by atoms with E-state index in [1.54, 1.807) is 0 Å². The number of piperazine rings is 2. The summed E-state index contributed by atoms with van der Waals surface area (Å²) in [6.07, 6.45) is 0. The van der Waals surface area contributed by atoms with Gasteiger partial charge >= 0.3 is 0 Å². The molecule has 0 spiro atoms. The van der Waals surface area contributed by atoms with Crippen LogP contribution in [0.3, 0.4) is 0 Å². The summed E-state index contributed by atoms with van der Waals surface area (Å²) in [5.41, 5.74) is 2.72. The van der Waals surface area contributed by atoms with E-state index in [0.717, 1.165) is 76.4 Å². The lowest BCUT2D eigenvalue weighted by atomic mass is 10.1. The Hall–Kier alpha value is -2.18. The highest BCUT2D eigenvalue weighted by molar-refractivity contribution is 5.51. The summed E-state index contributed by atoms with van der Waals surface area (Å²) in [5.74, 6) is 3.03. The molecular formula is C22H32N6. The average molecular weight is 381 g/mol. The van der Waals surface area contributed by atoms with Crippen molar-refractivity contribution in [3.8, 4) is 0 Å². The average Bonchev–Trinajstić information content (AvgIpc) is 2.70. The van der Waals surface area contributed by atoms with Crippen molar-refractivity contribution in [2.75, 3.05) is 69.2 Å². The van der Waals surface area contributed by atoms with Gasteiger partial charge in [0.2, 0.25) is 0 Å². The summed E-state index contributed by atoms with van der Waals surface area (Å²) in [4.78, 5) is 19.2. The minimum Gasteiger partial charge on any atom is -0.354 e. The maximum Gasteiger partial charge on any atom is 0.134 e. The molecule has 2 aliphatic rings. The summed E-state index contributed by atoms with van der Waals surface area (Å²) in [6, 6.07) is 11.1. The Bertz CT molecular complexity index is 774. The van der Waals surface area contributed by atoms with E-state index in [1.165, 1.54) is 11.1 Å². The summed E-state index contributed by atoms with van der Waals surface area (Å²) in [6.45, 7) is 13.6. The van der Waals surface area contributed by atoms with Crippen molar-refractivity contribution in [1.82, 2.24) is 19.8 Å². The monoisotopic (exact) mass is 380 g/mol. The molecule has 1 aromatic heterocycles. The predicted molar refractivity (Wildman–Crippen MR) is 115 cm³/mol. The zero-order valence-electron chi connectivity index (χ0n) is 17.4. The quantitative estimate of drug-likeness (QED) is 0.809. The van der Waals surface area contributed by atoms with Gasteiger partial charge in [0.15, 0.2) is 0 Å². The third kappa shape index (κ3) is 4.62. The molecule has 0 atom stereocenters. The molecule has 0 radical (unpaired) electrons. The van der Waals surface area contributed by atoms with Gasteiger partial charge in [-0.15, -0.1) is 0 Å². The molecule has 3 heterocycles. The van der Waals surface area contributed by atoms with E-state index in [1.807, 2.05) is 6.92 Å². The largest absolute Gasteiger partial charge is 0.354 e. The van der Waals surface area contributed by atoms with Crippen LogP contribution in [0.4, 0.5) is 11.6 Å². The Morgan fingerprint density at radius 3 is 1.86 bits per heavy atom. The van der Waals surface area contributed by atoms with E-state index >= 15 is 0 Å². The Balaban J connectivity index is 1.38. The summed E-state index contributed by atoms with van der Waals surface area (Å²) in [7, 11) is 2.18. The van der Waals surface area contributed by atoms with E-state index in [0.29, 0.717) is 0 Å². The molecule has 0 unspecified atom stereocenters. The van der Waals surface area contributed by atoms with Gasteiger partial charge in [0.05, 0.1) is 0 Å². The van der Waals surface area contributed by atoms with Crippen molar-refractivity contribution in [1.29, 1.82) is 0 Å². The Labute approximate surface area is 168 Å². The number of hydrogen-bond acceptors (Lipinski definition) is 6. The highest BCUT2D eigenvalue weighted by Gasteiger charge is 2.21. The van der Waals surface area contributed by atoms with Crippen LogP contribution in [0.25, 0.3) is 0 Å². The van der Waals surface area contributed by atoms with Gasteiger partial charge in [-0.25, -0.2) is 9.97 Å². The minimum absolute atomic E-state index is 0.869. The minimum atomic E-state index is 0.869. The number of aromatic nitrogens is 2. The maximum absolute atomic E-state index is 4.75. The molecule has 2 aromatic rings. The van der Waals surface area contributed by atoms with Gasteiger partial charge in [0, 0.05) is 65.0 Å². The number of rotatable bonds is 4. The number of aryl methyl sites for hydroxylation is 2. The molecule has 0 amide bonds. The number of benzene rings is 1. The molecule has 150 valence electrons. The highest BCUT2D eigenvalue weighted by atomic mass is 15.3. The third-order valence-electron chi connectivity index (χ3n) is 5.86. The van der Waals surface area contributed by atoms with Gasteiger partial charge in [-0.1, -0.05) is 29.8 Å². The third-order valence-corrected chi connectivity index (χ3v) is 5.86. The first-order chi connectivity index (χ1) is 13.6. The fourth-order valence-corrected chi connectivity index (χ4v) is 3.98. The zero-order chi connectivity index (χ0) is 19.5. The van der Waals surface area contributed by atoms with Crippen molar-refractivity contribution in [3.05, 3.63) is 47.3 Å². The molecule has 2 fully saturated rings. The normalized spacial score (nSPS) is 19.2. The molecule has 6 nitrogen and oxygen atoms in total. The van der Waals surface area contributed by atoms with Crippen LogP contribution in [0.15, 0.2) is 30.3 Å². The van der Waals surface area contributed by atoms with E-state index in [4.69, 9.17) is 9.97 Å². The van der Waals surface area contributed by atoms with Gasteiger partial charge in [-0.05, 0) is 26.5 Å². The van der Waals surface area contributed by atoms with Crippen molar-refractivity contribution in [2.24, 2.45) is 0 Å². The van der Waals surface area contributed by atoms with Gasteiger partial charge in [-0.3, -0.25) is 4.90 Å².